The Morgan fingerprint density at radius 1 is 0.808 bits per heavy atom. The number of nitrogens with one attached hydrogen (secondary N) is 1. The smallest absolute Gasteiger partial charge is 0.115 e. The predicted molar refractivity (Wildman–Crippen MR) is 107 cm³/mol. The molecule has 0 amide bonds. The van der Waals surface area contributed by atoms with Crippen LogP contribution in [0.2, 0.25) is 0 Å². The van der Waals surface area contributed by atoms with Crippen LogP contribution in [0.25, 0.3) is 21.5 Å². The maximum Gasteiger partial charge on any atom is 0.115 e. The van der Waals surface area contributed by atoms with E-state index in [-0.39, 0.29) is 11.8 Å². The first-order chi connectivity index (χ1) is 12.8. The Kier molecular flexibility index (Phi) is 3.39. The van der Waals surface area contributed by atoms with Crippen molar-refractivity contribution in [2.45, 2.75) is 12.5 Å². The van der Waals surface area contributed by atoms with Crippen molar-refractivity contribution in [2.75, 3.05) is 0 Å². The molecule has 5 rings (SSSR count). The van der Waals surface area contributed by atoms with E-state index >= 15 is 0 Å². The lowest BCUT2D eigenvalue weighted by Crippen LogP contribution is -2.09. The van der Waals surface area contributed by atoms with Crippen molar-refractivity contribution in [1.82, 2.24) is 5.43 Å². The summed E-state index contributed by atoms with van der Waals surface area (Å²) in [6, 6.07) is 26.7. The molecule has 0 saturated carbocycles. The molecule has 0 radical (unpaired) electrons. The molecule has 1 heterocycles. The monoisotopic (exact) mass is 338 g/mol. The molecule has 0 fully saturated rings. The highest BCUT2D eigenvalue weighted by Crippen LogP contribution is 2.33. The number of rotatable bonds is 2. The molecule has 0 spiro atoms. The van der Waals surface area contributed by atoms with Gasteiger partial charge in [0, 0.05) is 12.0 Å². The summed E-state index contributed by atoms with van der Waals surface area (Å²) in [4.78, 5) is 0. The van der Waals surface area contributed by atoms with Crippen molar-refractivity contribution < 1.29 is 5.11 Å². The minimum Gasteiger partial charge on any atom is -0.508 e. The molecule has 1 atom stereocenters. The van der Waals surface area contributed by atoms with Crippen molar-refractivity contribution in [2.24, 2.45) is 5.10 Å². The average molecular weight is 338 g/mol. The van der Waals surface area contributed by atoms with E-state index in [9.17, 15) is 5.11 Å². The van der Waals surface area contributed by atoms with Gasteiger partial charge in [-0.2, -0.15) is 5.10 Å². The van der Waals surface area contributed by atoms with E-state index in [2.05, 4.69) is 60.0 Å². The maximum absolute atomic E-state index is 9.52. The summed E-state index contributed by atoms with van der Waals surface area (Å²) in [5.74, 6) is 0.285. The molecule has 3 nitrogen and oxygen atoms in total. The molecular weight excluding hydrogens is 320 g/mol. The van der Waals surface area contributed by atoms with E-state index in [4.69, 9.17) is 5.10 Å². The second-order valence-corrected chi connectivity index (χ2v) is 6.73. The lowest BCUT2D eigenvalue weighted by molar-refractivity contribution is 0.474. The molecule has 126 valence electrons. The third-order valence-electron chi connectivity index (χ3n) is 5.11. The number of aromatic hydroxyl groups is 1. The van der Waals surface area contributed by atoms with E-state index < -0.39 is 0 Å². The maximum atomic E-state index is 9.52. The van der Waals surface area contributed by atoms with Crippen LogP contribution in [-0.2, 0) is 0 Å². The lowest BCUT2D eigenvalue weighted by atomic mass is 9.91. The Bertz CT molecular complexity index is 1090. The van der Waals surface area contributed by atoms with Gasteiger partial charge in [0.05, 0.1) is 11.8 Å². The predicted octanol–water partition coefficient (Wildman–Crippen LogP) is 5.14. The van der Waals surface area contributed by atoms with Gasteiger partial charge in [0.25, 0.3) is 0 Å². The molecule has 4 aromatic carbocycles. The molecule has 1 aliphatic heterocycles. The molecular formula is C23H18N2O. The van der Waals surface area contributed by atoms with Gasteiger partial charge < -0.3 is 10.5 Å². The van der Waals surface area contributed by atoms with Crippen LogP contribution in [0.1, 0.15) is 23.6 Å². The van der Waals surface area contributed by atoms with Crippen LogP contribution in [0.3, 0.4) is 0 Å². The number of phenols is 1. The van der Waals surface area contributed by atoms with E-state index in [1.165, 1.54) is 27.1 Å². The van der Waals surface area contributed by atoms with Gasteiger partial charge in [0.15, 0.2) is 0 Å². The van der Waals surface area contributed by atoms with Crippen LogP contribution < -0.4 is 5.43 Å². The average Bonchev–Trinajstić information content (AvgIpc) is 3.16. The molecule has 0 aromatic heterocycles. The highest BCUT2D eigenvalue weighted by Gasteiger charge is 2.24. The zero-order valence-electron chi connectivity index (χ0n) is 14.2. The number of hydrazone groups is 1. The Labute approximate surface area is 151 Å². The van der Waals surface area contributed by atoms with Crippen molar-refractivity contribution in [3.05, 3.63) is 90.0 Å². The van der Waals surface area contributed by atoms with Crippen molar-refractivity contribution in [1.29, 1.82) is 0 Å². The first-order valence-electron chi connectivity index (χ1n) is 8.81. The molecule has 0 aliphatic carbocycles. The van der Waals surface area contributed by atoms with Crippen molar-refractivity contribution >= 4 is 27.3 Å². The van der Waals surface area contributed by atoms with Gasteiger partial charge in [-0.25, -0.2) is 0 Å². The van der Waals surface area contributed by atoms with Crippen LogP contribution >= 0.6 is 0 Å². The van der Waals surface area contributed by atoms with Crippen LogP contribution in [0, 0.1) is 0 Å². The SMILES string of the molecule is Oc1ccc([C@@H]2CC(c3c4ccccc4cc4ccccc34)=NN2)cc1. The Morgan fingerprint density at radius 3 is 2.08 bits per heavy atom. The summed E-state index contributed by atoms with van der Waals surface area (Å²) < 4.78 is 0. The standard InChI is InChI=1S/C23H18N2O/c26-18-11-9-15(10-12-18)21-14-22(25-24-21)23-19-7-3-1-5-16(19)13-17-6-2-4-8-20(17)23/h1-13,21,24,26H,14H2/t21-/m0/s1. The highest BCUT2D eigenvalue weighted by molar-refractivity contribution is 6.21. The van der Waals surface area contributed by atoms with Gasteiger partial charge in [0.2, 0.25) is 0 Å². The fraction of sp³-hybridized carbons (Fsp3) is 0.0870. The summed E-state index contributed by atoms with van der Waals surface area (Å²) in [5, 5.41) is 19.1. The number of benzene rings is 4. The lowest BCUT2D eigenvalue weighted by Gasteiger charge is -2.13. The molecule has 26 heavy (non-hydrogen) atoms. The minimum absolute atomic E-state index is 0.128. The van der Waals surface area contributed by atoms with Crippen molar-refractivity contribution in [3.8, 4) is 5.75 Å². The van der Waals surface area contributed by atoms with Crippen molar-refractivity contribution in [3.63, 3.8) is 0 Å². The zero-order chi connectivity index (χ0) is 17.5. The van der Waals surface area contributed by atoms with Gasteiger partial charge in [-0.15, -0.1) is 0 Å². The highest BCUT2D eigenvalue weighted by atomic mass is 16.3. The topological polar surface area (TPSA) is 44.6 Å². The van der Waals surface area contributed by atoms with Gasteiger partial charge in [-0.05, 0) is 45.3 Å². The number of hydrogen-bond donors (Lipinski definition) is 2. The quantitative estimate of drug-likeness (QED) is 0.497. The van der Waals surface area contributed by atoms with E-state index in [1.807, 2.05) is 12.1 Å². The summed E-state index contributed by atoms with van der Waals surface area (Å²) in [5.41, 5.74) is 6.70. The fourth-order valence-corrected chi connectivity index (χ4v) is 3.82. The zero-order valence-corrected chi connectivity index (χ0v) is 14.2. The molecule has 0 saturated heterocycles. The first kappa shape index (κ1) is 15.0. The largest absolute Gasteiger partial charge is 0.508 e. The van der Waals surface area contributed by atoms with Gasteiger partial charge in [-0.3, -0.25) is 0 Å². The van der Waals surface area contributed by atoms with E-state index in [1.54, 1.807) is 12.1 Å². The minimum atomic E-state index is 0.128. The number of hydrogen-bond acceptors (Lipinski definition) is 3. The third kappa shape index (κ3) is 2.40. The number of phenolic OH excluding ortho intramolecular Hbond substituents is 1. The molecule has 0 unspecified atom stereocenters. The second kappa shape index (κ2) is 5.88. The third-order valence-corrected chi connectivity index (χ3v) is 5.11. The summed E-state index contributed by atoms with van der Waals surface area (Å²) in [7, 11) is 0. The summed E-state index contributed by atoms with van der Waals surface area (Å²) >= 11 is 0. The summed E-state index contributed by atoms with van der Waals surface area (Å²) in [6.07, 6.45) is 0.822. The van der Waals surface area contributed by atoms with Crippen LogP contribution in [0.4, 0.5) is 0 Å². The van der Waals surface area contributed by atoms with Crippen LogP contribution in [-0.4, -0.2) is 10.8 Å². The molecule has 2 N–H and O–H groups in total. The van der Waals surface area contributed by atoms with Gasteiger partial charge in [0.1, 0.15) is 5.75 Å². The van der Waals surface area contributed by atoms with E-state index in [0.29, 0.717) is 0 Å². The Morgan fingerprint density at radius 2 is 1.42 bits per heavy atom. The van der Waals surface area contributed by atoms with Gasteiger partial charge >= 0.3 is 0 Å². The van der Waals surface area contributed by atoms with Crippen LogP contribution in [0.15, 0.2) is 84.0 Å². The van der Waals surface area contributed by atoms with Crippen LogP contribution in [0.5, 0.6) is 5.75 Å². The molecule has 4 aromatic rings. The molecule has 0 bridgehead atoms. The second-order valence-electron chi connectivity index (χ2n) is 6.73. The molecule has 3 heteroatoms. The molecule has 1 aliphatic rings. The van der Waals surface area contributed by atoms with Gasteiger partial charge in [-0.1, -0.05) is 60.7 Å². The fourth-order valence-electron chi connectivity index (χ4n) is 3.82. The van der Waals surface area contributed by atoms with E-state index in [0.717, 1.165) is 17.7 Å². The Hall–Kier alpha value is -3.33. The first-order valence-corrected chi connectivity index (χ1v) is 8.81. The summed E-state index contributed by atoms with van der Waals surface area (Å²) in [6.45, 7) is 0. The number of nitrogens with zero attached hydrogens (tertiary/aromatic N) is 1. The normalized spacial score (nSPS) is 16.6. The Balaban J connectivity index is 1.63. The number of fused-ring (bicyclic) bond motifs is 2.